The molecule has 1 saturated heterocycles. The van der Waals surface area contributed by atoms with E-state index in [-0.39, 0.29) is 5.56 Å². The van der Waals surface area contributed by atoms with Gasteiger partial charge in [0.05, 0.1) is 10.9 Å². The number of aromatic nitrogens is 2. The highest BCUT2D eigenvalue weighted by Gasteiger charge is 2.19. The maximum Gasteiger partial charge on any atom is 0.262 e. The molecule has 1 fully saturated rings. The van der Waals surface area contributed by atoms with Gasteiger partial charge in [-0.25, -0.2) is 4.98 Å². The zero-order valence-electron chi connectivity index (χ0n) is 14.6. The number of benzene rings is 1. The molecule has 0 amide bonds. The Morgan fingerprint density at radius 2 is 2.28 bits per heavy atom. The average molecular weight is 378 g/mol. The summed E-state index contributed by atoms with van der Waals surface area (Å²) >= 11 is 7.72. The second kappa shape index (κ2) is 8.39. The number of fused-ring (bicyclic) bond motifs is 1. The SMILES string of the molecule is C=CCn1c(SCCC2CCCCN2C)nc2cc(Cl)ccc2c1=O. The molecule has 6 heteroatoms. The van der Waals surface area contributed by atoms with Crippen molar-refractivity contribution in [3.63, 3.8) is 0 Å². The molecule has 0 radical (unpaired) electrons. The highest BCUT2D eigenvalue weighted by atomic mass is 35.5. The normalized spacial score (nSPS) is 18.6. The van der Waals surface area contributed by atoms with Crippen molar-refractivity contribution in [1.82, 2.24) is 14.5 Å². The van der Waals surface area contributed by atoms with Crippen LogP contribution in [0.2, 0.25) is 5.02 Å². The number of piperidine rings is 1. The standard InChI is InChI=1S/C19H24ClN3OS/c1-3-10-23-18(24)16-8-7-14(20)13-17(16)21-19(23)25-12-9-15-6-4-5-11-22(15)2/h3,7-8,13,15H,1,4-6,9-12H2,2H3. The molecule has 0 aliphatic carbocycles. The van der Waals surface area contributed by atoms with Gasteiger partial charge in [0.2, 0.25) is 0 Å². The van der Waals surface area contributed by atoms with E-state index < -0.39 is 0 Å². The quantitative estimate of drug-likeness (QED) is 0.429. The lowest BCUT2D eigenvalue weighted by molar-refractivity contribution is 0.182. The summed E-state index contributed by atoms with van der Waals surface area (Å²) in [6.07, 6.45) is 6.72. The van der Waals surface area contributed by atoms with Crippen molar-refractivity contribution in [1.29, 1.82) is 0 Å². The molecular formula is C19H24ClN3OS. The first-order valence-corrected chi connectivity index (χ1v) is 10.1. The Labute approximate surface area is 157 Å². The van der Waals surface area contributed by atoms with E-state index in [0.29, 0.717) is 28.5 Å². The first-order chi connectivity index (χ1) is 12.1. The number of thioether (sulfide) groups is 1. The van der Waals surface area contributed by atoms with Crippen LogP contribution in [-0.4, -0.2) is 39.8 Å². The van der Waals surface area contributed by atoms with Crippen LogP contribution in [0.15, 0.2) is 40.8 Å². The third kappa shape index (κ3) is 4.27. The Morgan fingerprint density at radius 1 is 1.44 bits per heavy atom. The molecule has 134 valence electrons. The summed E-state index contributed by atoms with van der Waals surface area (Å²) in [5.41, 5.74) is 0.633. The van der Waals surface area contributed by atoms with Crippen molar-refractivity contribution in [2.24, 2.45) is 0 Å². The van der Waals surface area contributed by atoms with Crippen LogP contribution in [0.4, 0.5) is 0 Å². The Kier molecular flexibility index (Phi) is 6.20. The molecule has 1 aromatic carbocycles. The molecule has 4 nitrogen and oxygen atoms in total. The third-order valence-electron chi connectivity index (χ3n) is 4.80. The van der Waals surface area contributed by atoms with Gasteiger partial charge in [-0.15, -0.1) is 6.58 Å². The smallest absolute Gasteiger partial charge is 0.262 e. The summed E-state index contributed by atoms with van der Waals surface area (Å²) in [5, 5.41) is 1.95. The minimum Gasteiger partial charge on any atom is -0.303 e. The summed E-state index contributed by atoms with van der Waals surface area (Å²) in [5.74, 6) is 0.949. The molecular weight excluding hydrogens is 354 g/mol. The van der Waals surface area contributed by atoms with E-state index in [1.807, 2.05) is 0 Å². The van der Waals surface area contributed by atoms with Crippen LogP contribution in [0.25, 0.3) is 10.9 Å². The highest BCUT2D eigenvalue weighted by molar-refractivity contribution is 7.99. The summed E-state index contributed by atoms with van der Waals surface area (Å²) < 4.78 is 1.71. The zero-order valence-corrected chi connectivity index (χ0v) is 16.2. The average Bonchev–Trinajstić information content (AvgIpc) is 2.59. The molecule has 0 N–H and O–H groups in total. The maximum absolute atomic E-state index is 12.8. The van der Waals surface area contributed by atoms with Gasteiger partial charge in [0.1, 0.15) is 0 Å². The maximum atomic E-state index is 12.8. The molecule has 1 aliphatic heterocycles. The second-order valence-electron chi connectivity index (χ2n) is 6.53. The summed E-state index contributed by atoms with van der Waals surface area (Å²) in [6.45, 7) is 5.42. The van der Waals surface area contributed by atoms with Gasteiger partial charge >= 0.3 is 0 Å². The number of hydrogen-bond acceptors (Lipinski definition) is 4. The predicted octanol–water partition coefficient (Wildman–Crippen LogP) is 4.20. The van der Waals surface area contributed by atoms with E-state index in [1.165, 1.54) is 25.8 Å². The van der Waals surface area contributed by atoms with Crippen LogP contribution >= 0.6 is 23.4 Å². The van der Waals surface area contributed by atoms with E-state index in [0.717, 1.165) is 17.3 Å². The van der Waals surface area contributed by atoms with Gasteiger partial charge in [-0.1, -0.05) is 35.9 Å². The number of hydrogen-bond donors (Lipinski definition) is 0. The van der Waals surface area contributed by atoms with Crippen molar-refractivity contribution in [3.8, 4) is 0 Å². The monoisotopic (exact) mass is 377 g/mol. The molecule has 0 spiro atoms. The van der Waals surface area contributed by atoms with Gasteiger partial charge in [0.25, 0.3) is 5.56 Å². The van der Waals surface area contributed by atoms with Crippen LogP contribution in [0.5, 0.6) is 0 Å². The molecule has 25 heavy (non-hydrogen) atoms. The van der Waals surface area contributed by atoms with Crippen molar-refractivity contribution in [2.75, 3.05) is 19.3 Å². The minimum atomic E-state index is -0.0288. The topological polar surface area (TPSA) is 38.1 Å². The molecule has 1 unspecified atom stereocenters. The molecule has 3 rings (SSSR count). The molecule has 0 saturated carbocycles. The Balaban J connectivity index is 1.82. The Morgan fingerprint density at radius 3 is 3.04 bits per heavy atom. The van der Waals surface area contributed by atoms with Gasteiger partial charge in [-0.2, -0.15) is 0 Å². The van der Waals surface area contributed by atoms with Gasteiger partial charge in [0.15, 0.2) is 5.16 Å². The molecule has 1 aromatic heterocycles. The van der Waals surface area contributed by atoms with Crippen molar-refractivity contribution in [3.05, 3.63) is 46.2 Å². The van der Waals surface area contributed by atoms with Crippen molar-refractivity contribution in [2.45, 2.75) is 43.4 Å². The molecule has 1 aliphatic rings. The van der Waals surface area contributed by atoms with Crippen LogP contribution in [0.3, 0.4) is 0 Å². The molecule has 2 aromatic rings. The molecule has 1 atom stereocenters. The predicted molar refractivity (Wildman–Crippen MR) is 107 cm³/mol. The highest BCUT2D eigenvalue weighted by Crippen LogP contribution is 2.24. The van der Waals surface area contributed by atoms with E-state index in [1.54, 1.807) is 40.6 Å². The van der Waals surface area contributed by atoms with Gasteiger partial charge in [-0.3, -0.25) is 9.36 Å². The first kappa shape index (κ1) is 18.5. The zero-order chi connectivity index (χ0) is 17.8. The number of nitrogens with zero attached hydrogens (tertiary/aromatic N) is 3. The Hall–Kier alpha value is -1.30. The van der Waals surface area contributed by atoms with Crippen LogP contribution < -0.4 is 5.56 Å². The largest absolute Gasteiger partial charge is 0.303 e. The first-order valence-electron chi connectivity index (χ1n) is 8.74. The lowest BCUT2D eigenvalue weighted by Crippen LogP contribution is -2.36. The fourth-order valence-electron chi connectivity index (χ4n) is 3.37. The lowest BCUT2D eigenvalue weighted by atomic mass is 10.0. The minimum absolute atomic E-state index is 0.0288. The van der Waals surface area contributed by atoms with Crippen molar-refractivity contribution >= 4 is 34.3 Å². The van der Waals surface area contributed by atoms with E-state index >= 15 is 0 Å². The Bertz CT molecular complexity index is 820. The van der Waals surface area contributed by atoms with Gasteiger partial charge < -0.3 is 4.90 Å². The number of likely N-dealkylation sites (tertiary alicyclic amines) is 1. The van der Waals surface area contributed by atoms with E-state index in [4.69, 9.17) is 16.6 Å². The van der Waals surface area contributed by atoms with Crippen molar-refractivity contribution < 1.29 is 0 Å². The van der Waals surface area contributed by atoms with Gasteiger partial charge in [0, 0.05) is 23.4 Å². The molecule has 0 bridgehead atoms. The second-order valence-corrected chi connectivity index (χ2v) is 8.03. The number of allylic oxidation sites excluding steroid dienone is 1. The van der Waals surface area contributed by atoms with Crippen LogP contribution in [0.1, 0.15) is 25.7 Å². The fourth-order valence-corrected chi connectivity index (χ4v) is 4.58. The third-order valence-corrected chi connectivity index (χ3v) is 6.04. The lowest BCUT2D eigenvalue weighted by Gasteiger charge is -2.32. The summed E-state index contributed by atoms with van der Waals surface area (Å²) in [4.78, 5) is 19.9. The summed E-state index contributed by atoms with van der Waals surface area (Å²) in [7, 11) is 2.21. The van der Waals surface area contributed by atoms with Crippen LogP contribution in [-0.2, 0) is 6.54 Å². The number of rotatable bonds is 6. The molecule has 2 heterocycles. The number of halogens is 1. The fraction of sp³-hybridized carbons (Fsp3) is 0.474. The van der Waals surface area contributed by atoms with Gasteiger partial charge in [-0.05, 0) is 51.1 Å². The van der Waals surface area contributed by atoms with Crippen LogP contribution in [0, 0.1) is 0 Å². The van der Waals surface area contributed by atoms with E-state index in [9.17, 15) is 4.79 Å². The summed E-state index contributed by atoms with van der Waals surface area (Å²) in [6, 6.07) is 5.88. The van der Waals surface area contributed by atoms with E-state index in [2.05, 4.69) is 18.5 Å².